The Labute approximate surface area is 484 Å². The zero-order valence-corrected chi connectivity index (χ0v) is 46.4. The van der Waals surface area contributed by atoms with Crippen molar-refractivity contribution >= 4 is 52.3 Å². The number of carboxylic acid groups (broad SMARTS) is 1. The number of benzene rings is 3. The number of carbonyl (C=O) groups is 4. The number of esters is 1. The fourth-order valence-electron chi connectivity index (χ4n) is 11.8. The SMILES string of the molecule is Cc1cc(C)cc(-c2c3[nH]ccc3cn2OC2C(Oc3ccc4c(=O)c(-c5ccc(O)cc5)coc4c3)OC(C(CO)(NC(N)=NC(C=O)C3CCC4CNC(O)CC4N3)OC(=O)C(NCCC=O)C(=O)O)C(O)(CO)C2(O)C(O)CCCO)c1. The van der Waals surface area contributed by atoms with Crippen LogP contribution in [0.5, 0.6) is 11.5 Å². The Morgan fingerprint density at radius 3 is 2.46 bits per heavy atom. The molecule has 3 aromatic heterocycles. The highest BCUT2D eigenvalue weighted by molar-refractivity contribution is 5.98. The van der Waals surface area contributed by atoms with Crippen LogP contribution in [0.2, 0.25) is 0 Å². The van der Waals surface area contributed by atoms with Gasteiger partial charge in [-0.15, -0.1) is 0 Å². The van der Waals surface area contributed by atoms with Crippen molar-refractivity contribution in [1.82, 2.24) is 31.0 Å². The molecule has 0 bridgehead atoms. The highest BCUT2D eigenvalue weighted by Gasteiger charge is 2.75. The number of ether oxygens (including phenoxy) is 3. The van der Waals surface area contributed by atoms with Gasteiger partial charge in [0, 0.05) is 67.8 Å². The summed E-state index contributed by atoms with van der Waals surface area (Å²) in [5, 5.41) is 116. The molecule has 85 heavy (non-hydrogen) atoms. The Hall–Kier alpha value is -7.80. The average molecular weight is 1180 g/mol. The molecule has 13 atom stereocenters. The summed E-state index contributed by atoms with van der Waals surface area (Å²) < 4.78 is 26.3. The lowest BCUT2D eigenvalue weighted by Gasteiger charge is -2.59. The van der Waals surface area contributed by atoms with Gasteiger partial charge in [0.15, 0.2) is 28.7 Å². The molecule has 27 nitrogen and oxygen atoms in total. The molecule has 3 aromatic carbocycles. The van der Waals surface area contributed by atoms with Crippen LogP contribution in [0.15, 0.2) is 99.6 Å². The minimum atomic E-state index is -3.54. The van der Waals surface area contributed by atoms with E-state index in [0.29, 0.717) is 59.7 Å². The predicted molar refractivity (Wildman–Crippen MR) is 302 cm³/mol. The maximum atomic E-state index is 14.5. The summed E-state index contributed by atoms with van der Waals surface area (Å²) in [6, 6.07) is 12.3. The van der Waals surface area contributed by atoms with Crippen molar-refractivity contribution in [2.45, 2.75) is 124 Å². The monoisotopic (exact) mass is 1180 g/mol. The van der Waals surface area contributed by atoms with Crippen LogP contribution in [0.3, 0.4) is 0 Å². The lowest BCUT2D eigenvalue weighted by atomic mass is 9.66. The molecule has 3 saturated heterocycles. The number of aliphatic carboxylic acids is 1. The largest absolute Gasteiger partial charge is 0.508 e. The smallest absolute Gasteiger partial charge is 0.337 e. The van der Waals surface area contributed by atoms with Gasteiger partial charge in [0.1, 0.15) is 60.5 Å². The quantitative estimate of drug-likeness (QED) is 0.00678. The van der Waals surface area contributed by atoms with E-state index in [0.717, 1.165) is 11.1 Å². The van der Waals surface area contributed by atoms with Crippen LogP contribution in [0, 0.1) is 19.8 Å². The number of hydrogen-bond acceptors (Lipinski definition) is 22. The van der Waals surface area contributed by atoms with Gasteiger partial charge in [-0.05, 0) is 93.5 Å². The second-order valence-electron chi connectivity index (χ2n) is 21.8. The number of nitrogens with zero attached hydrogens (tertiary/aromatic N) is 2. The number of aromatic nitrogens is 2. The Morgan fingerprint density at radius 1 is 1.02 bits per heavy atom. The standard InChI is InChI=1S/C58H70N8O19/c1-30-19-31(2)21-35(20-30)48-46-34(14-16-61-46)25-66(48)85-50-53(82-37-11-12-38-43(22-37)81-27-39(49(38)75)32-6-9-36(72)10-7-32)83-54(56(79,28-70)58(50,80)44(73)5-3-17-67)57(29-71,84-52(78)47(51(76)77)60-15-4-18-68)65-55(59)64-42(26-69)40-13-8-33-24-62-45(74)23-41(33)63-40/h6-7,9-12,14,16,18-22,25-27,33,40-42,44-45,47,50,53-54,60-63,67,70-74,79-80H,3-5,8,13,15,17,23-24,28-29H2,1-2H3,(H,76,77)(H3,59,64,65). The number of H-pyrrole nitrogens is 1. The Kier molecular flexibility index (Phi) is 18.8. The van der Waals surface area contributed by atoms with E-state index in [-0.39, 0.29) is 59.3 Å². The molecule has 456 valence electrons. The minimum Gasteiger partial charge on any atom is -0.508 e. The highest BCUT2D eigenvalue weighted by Crippen LogP contribution is 2.47. The first-order valence-corrected chi connectivity index (χ1v) is 27.6. The number of guanidine groups is 1. The van der Waals surface area contributed by atoms with Gasteiger partial charge < -0.3 is 100 Å². The molecule has 16 N–H and O–H groups in total. The normalized spacial score (nSPS) is 26.1. The molecule has 6 aromatic rings. The number of hydrogen-bond donors (Lipinski definition) is 15. The van der Waals surface area contributed by atoms with Gasteiger partial charge in [0.2, 0.25) is 24.2 Å². The number of phenols is 1. The second kappa shape index (κ2) is 25.8. The molecule has 3 aliphatic rings. The summed E-state index contributed by atoms with van der Waals surface area (Å²) in [5.74, 6) is -4.67. The van der Waals surface area contributed by atoms with Crippen LogP contribution in [-0.2, 0) is 28.7 Å². The number of carboxylic acids is 1. The number of aldehydes is 2. The topological polar surface area (TPSA) is 425 Å². The summed E-state index contributed by atoms with van der Waals surface area (Å²) in [7, 11) is 0. The van der Waals surface area contributed by atoms with Crippen molar-refractivity contribution in [3.8, 4) is 33.9 Å². The van der Waals surface area contributed by atoms with Gasteiger partial charge >= 0.3 is 11.9 Å². The molecule has 27 heteroatoms. The minimum absolute atomic E-state index is 0.0318. The second-order valence-corrected chi connectivity index (χ2v) is 21.8. The van der Waals surface area contributed by atoms with Crippen molar-refractivity contribution in [3.63, 3.8) is 0 Å². The number of carbonyl (C=O) groups excluding carboxylic acids is 3. The molecule has 0 amide bonds. The highest BCUT2D eigenvalue weighted by atomic mass is 16.8. The van der Waals surface area contributed by atoms with Gasteiger partial charge in [0.25, 0.3) is 0 Å². The van der Waals surface area contributed by atoms with Gasteiger partial charge in [0.05, 0.1) is 35.4 Å². The Bertz CT molecular complexity index is 3440. The summed E-state index contributed by atoms with van der Waals surface area (Å²) >= 11 is 0. The maximum Gasteiger partial charge on any atom is 0.337 e. The van der Waals surface area contributed by atoms with E-state index in [1.807, 2.05) is 32.0 Å². The van der Waals surface area contributed by atoms with Crippen LogP contribution in [0.1, 0.15) is 49.7 Å². The molecule has 0 spiro atoms. The van der Waals surface area contributed by atoms with Gasteiger partial charge in [-0.25, -0.2) is 14.6 Å². The molecular formula is C58H70N8O19. The third kappa shape index (κ3) is 12.4. The fourth-order valence-corrected chi connectivity index (χ4v) is 11.8. The van der Waals surface area contributed by atoms with Crippen molar-refractivity contribution in [3.05, 3.63) is 107 Å². The van der Waals surface area contributed by atoms with E-state index in [2.05, 4.69) is 31.2 Å². The van der Waals surface area contributed by atoms with Crippen molar-refractivity contribution in [1.29, 1.82) is 0 Å². The first kappa shape index (κ1) is 61.8. The Morgan fingerprint density at radius 2 is 1.78 bits per heavy atom. The van der Waals surface area contributed by atoms with Gasteiger partial charge in [-0.1, -0.05) is 29.3 Å². The molecule has 3 fully saturated rings. The van der Waals surface area contributed by atoms with E-state index < -0.39 is 122 Å². The van der Waals surface area contributed by atoms with E-state index >= 15 is 0 Å². The first-order valence-electron chi connectivity index (χ1n) is 27.6. The number of fused-ring (bicyclic) bond motifs is 3. The van der Waals surface area contributed by atoms with Gasteiger partial charge in [-0.3, -0.25) is 15.4 Å². The lowest BCUT2D eigenvalue weighted by Crippen LogP contribution is -2.86. The predicted octanol–water partition coefficient (Wildman–Crippen LogP) is -0.695. The fraction of sp³-hybridized carbons (Fsp3) is 0.448. The summed E-state index contributed by atoms with van der Waals surface area (Å²) in [6.45, 7) is -0.118. The molecule has 6 heterocycles. The number of aromatic hydroxyl groups is 1. The van der Waals surface area contributed by atoms with E-state index in [1.54, 1.807) is 12.3 Å². The number of aliphatic imine (C=N–C) groups is 1. The average Bonchev–Trinajstić information content (AvgIpc) is 0.766. The van der Waals surface area contributed by atoms with Crippen molar-refractivity contribution in [2.75, 3.05) is 32.9 Å². The number of aromatic amines is 1. The van der Waals surface area contributed by atoms with Crippen molar-refractivity contribution in [2.24, 2.45) is 16.6 Å². The van der Waals surface area contributed by atoms with E-state index in [4.69, 9.17) is 29.2 Å². The number of aryl methyl sites for hydroxylation is 2. The summed E-state index contributed by atoms with van der Waals surface area (Å²) in [6.07, 6.45) is -5.24. The summed E-state index contributed by atoms with van der Waals surface area (Å²) in [5.41, 5.74) is -0.652. The van der Waals surface area contributed by atoms with Crippen LogP contribution in [0.4, 0.5) is 0 Å². The molecular weight excluding hydrogens is 1110 g/mol. The third-order valence-corrected chi connectivity index (χ3v) is 16.0. The van der Waals surface area contributed by atoms with E-state index in [1.165, 1.54) is 59.7 Å². The zero-order valence-electron chi connectivity index (χ0n) is 46.4. The first-order chi connectivity index (χ1) is 40.7. The molecule has 9 rings (SSSR count). The molecule has 0 saturated carbocycles. The lowest BCUT2D eigenvalue weighted by molar-refractivity contribution is -0.400. The zero-order chi connectivity index (χ0) is 61.0. The van der Waals surface area contributed by atoms with Crippen molar-refractivity contribution < 1.29 is 88.6 Å². The maximum absolute atomic E-state index is 14.5. The van der Waals surface area contributed by atoms with Crippen LogP contribution < -0.4 is 42.0 Å². The molecule has 0 radical (unpaired) electrons. The van der Waals surface area contributed by atoms with Gasteiger partial charge in [-0.2, -0.15) is 4.73 Å². The van der Waals surface area contributed by atoms with Crippen LogP contribution >= 0.6 is 0 Å². The molecule has 3 aliphatic heterocycles. The number of piperidine rings is 2. The molecule has 13 unspecified atom stereocenters. The number of phenolic OH excluding ortho intramolecular Hbond substituents is 1. The number of aliphatic hydroxyl groups excluding tert-OH is 5. The number of rotatable bonds is 24. The van der Waals surface area contributed by atoms with E-state index in [9.17, 15) is 69.9 Å². The molecule has 0 aliphatic carbocycles. The third-order valence-electron chi connectivity index (χ3n) is 16.0. The number of nitrogens with two attached hydrogens (primary N) is 1. The number of aliphatic hydroxyl groups is 7. The van der Waals surface area contributed by atoms with Crippen LogP contribution in [-0.4, -0.2) is 191 Å². The Balaban J connectivity index is 1.23. The van der Waals surface area contributed by atoms with Crippen LogP contribution in [0.25, 0.3) is 44.3 Å². The summed E-state index contributed by atoms with van der Waals surface area (Å²) in [4.78, 5) is 80.0. The number of nitrogens with one attached hydrogen (secondary N) is 5.